The van der Waals surface area contributed by atoms with Crippen LogP contribution in [0.2, 0.25) is 0 Å². The van der Waals surface area contributed by atoms with Crippen LogP contribution in [0, 0.1) is 0 Å². The van der Waals surface area contributed by atoms with Gasteiger partial charge in [-0.05, 0) is 0 Å². The molecule has 0 saturated carbocycles. The molecule has 0 rings (SSSR count). The number of carbonyl (C=O) groups excluding carboxylic acids is 2. The van der Waals surface area contributed by atoms with Gasteiger partial charge in [-0.2, -0.15) is 0 Å². The predicted molar refractivity (Wildman–Crippen MR) is 54.6 cm³/mol. The molecule has 86 valence electrons. The fourth-order valence-corrected chi connectivity index (χ4v) is 1.73. The molecule has 0 aliphatic heterocycles. The van der Waals surface area contributed by atoms with E-state index in [9.17, 15) is 14.4 Å². The van der Waals surface area contributed by atoms with Gasteiger partial charge in [-0.15, -0.1) is 11.8 Å². The molecular formula is C8H13NO5S. The lowest BCUT2D eigenvalue weighted by Gasteiger charge is -2.11. The molecule has 0 aliphatic rings. The van der Waals surface area contributed by atoms with Crippen molar-refractivity contribution in [1.29, 1.82) is 0 Å². The molecule has 0 aromatic rings. The minimum absolute atomic E-state index is 0.347. The summed E-state index contributed by atoms with van der Waals surface area (Å²) in [5.74, 6) is -2.69. The van der Waals surface area contributed by atoms with E-state index in [1.807, 2.05) is 0 Å². The Balaban J connectivity index is 4.30. The van der Waals surface area contributed by atoms with Gasteiger partial charge in [0.1, 0.15) is 5.25 Å². The molecule has 0 aromatic heterocycles. The van der Waals surface area contributed by atoms with Crippen LogP contribution in [0.1, 0.15) is 6.42 Å². The van der Waals surface area contributed by atoms with Crippen molar-refractivity contribution in [2.75, 3.05) is 19.4 Å². The summed E-state index contributed by atoms with van der Waals surface area (Å²) < 4.78 is 4.44. The summed E-state index contributed by atoms with van der Waals surface area (Å²) in [6, 6.07) is 0. The van der Waals surface area contributed by atoms with Crippen LogP contribution in [0.5, 0.6) is 0 Å². The second kappa shape index (κ2) is 7.24. The number of hydrogen-bond donors (Lipinski definition) is 2. The Morgan fingerprint density at radius 2 is 2.07 bits per heavy atom. The summed E-state index contributed by atoms with van der Waals surface area (Å²) in [6.07, 6.45) is -0.368. The summed E-state index contributed by atoms with van der Waals surface area (Å²) in [6.45, 7) is 0.347. The predicted octanol–water partition coefficient (Wildman–Crippen LogP) is -0.736. The van der Waals surface area contributed by atoms with Crippen molar-refractivity contribution in [3.05, 3.63) is 0 Å². The number of carboxylic acid groups (broad SMARTS) is 1. The molecule has 1 atom stereocenters. The van der Waals surface area contributed by atoms with Crippen LogP contribution < -0.4 is 5.73 Å². The molecule has 6 nitrogen and oxygen atoms in total. The van der Waals surface area contributed by atoms with Crippen LogP contribution in [0.25, 0.3) is 0 Å². The van der Waals surface area contributed by atoms with Gasteiger partial charge in [0.05, 0.1) is 7.11 Å². The van der Waals surface area contributed by atoms with Crippen LogP contribution in [0.15, 0.2) is 0 Å². The normalized spacial score (nSPS) is 11.9. The molecule has 7 heteroatoms. The molecule has 15 heavy (non-hydrogen) atoms. The van der Waals surface area contributed by atoms with Crippen molar-refractivity contribution in [3.63, 3.8) is 0 Å². The lowest BCUT2D eigenvalue weighted by molar-refractivity contribution is -0.150. The summed E-state index contributed by atoms with van der Waals surface area (Å²) in [5, 5.41) is 7.59. The third-order valence-electron chi connectivity index (χ3n) is 1.51. The molecule has 0 aromatic carbocycles. The second-order valence-electron chi connectivity index (χ2n) is 2.60. The van der Waals surface area contributed by atoms with Gasteiger partial charge < -0.3 is 15.6 Å². The highest BCUT2D eigenvalue weighted by molar-refractivity contribution is 8.00. The topological polar surface area (TPSA) is 107 Å². The Bertz CT molecular complexity index is 255. The van der Waals surface area contributed by atoms with Gasteiger partial charge in [0, 0.05) is 18.7 Å². The second-order valence-corrected chi connectivity index (χ2v) is 3.91. The van der Waals surface area contributed by atoms with Crippen molar-refractivity contribution in [2.45, 2.75) is 11.7 Å². The van der Waals surface area contributed by atoms with Gasteiger partial charge in [-0.25, -0.2) is 4.79 Å². The monoisotopic (exact) mass is 235 g/mol. The van der Waals surface area contributed by atoms with E-state index in [4.69, 9.17) is 10.8 Å². The number of rotatable bonds is 7. The molecule has 0 amide bonds. The van der Waals surface area contributed by atoms with Crippen LogP contribution in [0.4, 0.5) is 0 Å². The first-order chi connectivity index (χ1) is 7.02. The fraction of sp³-hybridized carbons (Fsp3) is 0.625. The number of esters is 1. The lowest BCUT2D eigenvalue weighted by Crippen LogP contribution is -2.27. The highest BCUT2D eigenvalue weighted by Gasteiger charge is 2.25. The molecule has 1 unspecified atom stereocenters. The summed E-state index contributed by atoms with van der Waals surface area (Å²) >= 11 is 1.12. The third-order valence-corrected chi connectivity index (χ3v) is 2.74. The number of carboxylic acids is 1. The molecule has 0 bridgehead atoms. The molecule has 0 aliphatic carbocycles. The minimum Gasteiger partial charge on any atom is -0.476 e. The first kappa shape index (κ1) is 13.9. The highest BCUT2D eigenvalue weighted by atomic mass is 32.2. The van der Waals surface area contributed by atoms with E-state index in [-0.39, 0.29) is 6.42 Å². The van der Waals surface area contributed by atoms with E-state index in [0.29, 0.717) is 12.3 Å². The molecular weight excluding hydrogens is 222 g/mol. The Labute approximate surface area is 91.1 Å². The molecule has 0 heterocycles. The van der Waals surface area contributed by atoms with E-state index >= 15 is 0 Å². The number of hydrogen-bond acceptors (Lipinski definition) is 6. The summed E-state index contributed by atoms with van der Waals surface area (Å²) in [4.78, 5) is 32.3. The first-order valence-electron chi connectivity index (χ1n) is 4.18. The van der Waals surface area contributed by atoms with Gasteiger partial charge in [0.15, 0.2) is 0 Å². The maximum Gasteiger partial charge on any atom is 0.372 e. The summed E-state index contributed by atoms with van der Waals surface area (Å²) in [5.41, 5.74) is 5.23. The fourth-order valence-electron chi connectivity index (χ4n) is 0.808. The number of thioether (sulfide) groups is 1. The Hall–Kier alpha value is -1.08. The van der Waals surface area contributed by atoms with E-state index in [1.165, 1.54) is 7.11 Å². The molecule has 0 spiro atoms. The number of ether oxygens (including phenoxy) is 1. The summed E-state index contributed by atoms with van der Waals surface area (Å²) in [7, 11) is 1.18. The molecule has 0 radical (unpaired) electrons. The Morgan fingerprint density at radius 1 is 1.47 bits per heavy atom. The maximum atomic E-state index is 11.1. The number of ketones is 1. The molecule has 0 saturated heterocycles. The molecule has 0 fully saturated rings. The van der Waals surface area contributed by atoms with Gasteiger partial charge in [-0.1, -0.05) is 0 Å². The highest BCUT2D eigenvalue weighted by Crippen LogP contribution is 2.16. The average molecular weight is 235 g/mol. The van der Waals surface area contributed by atoms with Gasteiger partial charge >= 0.3 is 11.9 Å². The number of nitrogens with two attached hydrogens (primary N) is 1. The van der Waals surface area contributed by atoms with Gasteiger partial charge in [0.2, 0.25) is 5.78 Å². The number of carbonyl (C=O) groups is 3. The van der Waals surface area contributed by atoms with E-state index in [1.54, 1.807) is 0 Å². The average Bonchev–Trinajstić information content (AvgIpc) is 2.22. The lowest BCUT2D eigenvalue weighted by atomic mass is 10.2. The van der Waals surface area contributed by atoms with Crippen LogP contribution >= 0.6 is 11.8 Å². The zero-order valence-electron chi connectivity index (χ0n) is 8.26. The van der Waals surface area contributed by atoms with Gasteiger partial charge in [-0.3, -0.25) is 9.59 Å². The van der Waals surface area contributed by atoms with Gasteiger partial charge in [0.25, 0.3) is 0 Å². The van der Waals surface area contributed by atoms with Crippen molar-refractivity contribution < 1.29 is 24.2 Å². The molecule has 3 N–H and O–H groups in total. The first-order valence-corrected chi connectivity index (χ1v) is 5.23. The van der Waals surface area contributed by atoms with Crippen molar-refractivity contribution in [3.8, 4) is 0 Å². The van der Waals surface area contributed by atoms with Crippen molar-refractivity contribution >= 4 is 29.5 Å². The standard InChI is InChI=1S/C8H13NO5S/c1-14-8(13)6(15-3-2-9)4-5(10)7(11)12/h6H,2-4,9H2,1H3,(H,11,12). The Kier molecular flexibility index (Phi) is 6.72. The van der Waals surface area contributed by atoms with Crippen molar-refractivity contribution in [1.82, 2.24) is 0 Å². The maximum absolute atomic E-state index is 11.1. The smallest absolute Gasteiger partial charge is 0.372 e. The zero-order chi connectivity index (χ0) is 11.8. The van der Waals surface area contributed by atoms with Crippen LogP contribution in [-0.2, 0) is 19.1 Å². The van der Waals surface area contributed by atoms with E-state index in [2.05, 4.69) is 4.74 Å². The number of methoxy groups -OCH3 is 1. The van der Waals surface area contributed by atoms with Crippen LogP contribution in [0.3, 0.4) is 0 Å². The van der Waals surface area contributed by atoms with E-state index in [0.717, 1.165) is 11.8 Å². The zero-order valence-corrected chi connectivity index (χ0v) is 9.08. The largest absolute Gasteiger partial charge is 0.476 e. The van der Waals surface area contributed by atoms with Crippen LogP contribution in [-0.4, -0.2) is 47.5 Å². The number of aliphatic carboxylic acids is 1. The quantitative estimate of drug-likeness (QED) is 0.442. The SMILES string of the molecule is COC(=O)C(CC(=O)C(=O)O)SCCN. The van der Waals surface area contributed by atoms with E-state index < -0.39 is 23.0 Å². The Morgan fingerprint density at radius 3 is 2.47 bits per heavy atom. The number of Topliss-reactive ketones (excluding diaryl/α,β-unsaturated/α-hetero) is 1. The minimum atomic E-state index is -1.54. The third kappa shape index (κ3) is 5.38. The van der Waals surface area contributed by atoms with Crippen molar-refractivity contribution in [2.24, 2.45) is 5.73 Å².